The lowest BCUT2D eigenvalue weighted by Crippen LogP contribution is -2.24. The molecular formula is C14H14N4O3. The first kappa shape index (κ1) is 13.3. The highest BCUT2D eigenvalue weighted by atomic mass is 16.6. The predicted octanol–water partition coefficient (Wildman–Crippen LogP) is 2.01. The third kappa shape index (κ3) is 2.37. The lowest BCUT2D eigenvalue weighted by molar-refractivity contribution is -0.384. The smallest absolute Gasteiger partial charge is 0.270 e. The molecule has 0 atom stereocenters. The third-order valence-electron chi connectivity index (χ3n) is 3.60. The molecule has 0 saturated heterocycles. The predicted molar refractivity (Wildman–Crippen MR) is 78.5 cm³/mol. The zero-order valence-corrected chi connectivity index (χ0v) is 11.5. The molecule has 2 aromatic rings. The van der Waals surface area contributed by atoms with Gasteiger partial charge in [0.05, 0.1) is 10.5 Å². The number of fused-ring (bicyclic) bond motifs is 1. The minimum Gasteiger partial charge on any atom is -0.370 e. The number of nitro groups is 1. The number of rotatable bonds is 2. The van der Waals surface area contributed by atoms with E-state index < -0.39 is 4.92 Å². The summed E-state index contributed by atoms with van der Waals surface area (Å²) >= 11 is 0. The van der Waals surface area contributed by atoms with E-state index in [0.29, 0.717) is 29.2 Å². The number of hydrogen-bond donors (Lipinski definition) is 2. The number of aromatic nitrogens is 2. The van der Waals surface area contributed by atoms with Crippen LogP contribution < -0.4 is 10.9 Å². The van der Waals surface area contributed by atoms with Crippen molar-refractivity contribution in [2.75, 3.05) is 11.9 Å². The fourth-order valence-electron chi connectivity index (χ4n) is 2.45. The maximum absolute atomic E-state index is 12.1. The Morgan fingerprint density at radius 3 is 2.95 bits per heavy atom. The van der Waals surface area contributed by atoms with Gasteiger partial charge in [0.25, 0.3) is 11.2 Å². The number of aromatic amines is 1. The van der Waals surface area contributed by atoms with E-state index in [1.54, 1.807) is 6.07 Å². The van der Waals surface area contributed by atoms with Crippen molar-refractivity contribution in [3.63, 3.8) is 0 Å². The molecule has 0 unspecified atom stereocenters. The summed E-state index contributed by atoms with van der Waals surface area (Å²) in [6, 6.07) is 4.52. The second-order valence-electron chi connectivity index (χ2n) is 5.03. The molecule has 3 rings (SSSR count). The molecular weight excluding hydrogens is 272 g/mol. The van der Waals surface area contributed by atoms with Crippen LogP contribution in [0.3, 0.4) is 0 Å². The summed E-state index contributed by atoms with van der Waals surface area (Å²) in [5.41, 5.74) is 1.82. The van der Waals surface area contributed by atoms with Gasteiger partial charge in [-0.3, -0.25) is 14.9 Å². The molecule has 7 heteroatoms. The molecule has 0 spiro atoms. The van der Waals surface area contributed by atoms with E-state index in [1.807, 2.05) is 6.92 Å². The molecule has 1 aromatic heterocycles. The molecule has 0 amide bonds. The number of benzene rings is 1. The first-order chi connectivity index (χ1) is 10.1. The van der Waals surface area contributed by atoms with E-state index in [1.165, 1.54) is 12.1 Å². The van der Waals surface area contributed by atoms with Crippen LogP contribution in [0.15, 0.2) is 23.0 Å². The lowest BCUT2D eigenvalue weighted by Gasteiger charge is -2.17. The zero-order chi connectivity index (χ0) is 15.0. The van der Waals surface area contributed by atoms with Crippen LogP contribution in [-0.2, 0) is 6.42 Å². The molecule has 0 saturated carbocycles. The van der Waals surface area contributed by atoms with Gasteiger partial charge in [-0.25, -0.2) is 4.98 Å². The topological polar surface area (TPSA) is 101 Å². The summed E-state index contributed by atoms with van der Waals surface area (Å²) in [4.78, 5) is 29.7. The Hall–Kier alpha value is -2.70. The Morgan fingerprint density at radius 2 is 2.19 bits per heavy atom. The van der Waals surface area contributed by atoms with Gasteiger partial charge in [0.1, 0.15) is 11.6 Å². The highest BCUT2D eigenvalue weighted by Gasteiger charge is 2.18. The van der Waals surface area contributed by atoms with Crippen LogP contribution in [0.4, 0.5) is 11.5 Å². The molecule has 0 aliphatic carbocycles. The molecule has 0 radical (unpaired) electrons. The Morgan fingerprint density at radius 1 is 1.38 bits per heavy atom. The number of nitrogens with one attached hydrogen (secondary N) is 2. The molecule has 0 fully saturated rings. The van der Waals surface area contributed by atoms with Crippen LogP contribution in [-0.4, -0.2) is 21.4 Å². The lowest BCUT2D eigenvalue weighted by atomic mass is 10.1. The van der Waals surface area contributed by atoms with E-state index in [9.17, 15) is 14.9 Å². The van der Waals surface area contributed by atoms with E-state index >= 15 is 0 Å². The highest BCUT2D eigenvalue weighted by molar-refractivity contribution is 5.65. The monoisotopic (exact) mass is 286 g/mol. The van der Waals surface area contributed by atoms with Crippen molar-refractivity contribution in [1.82, 2.24) is 9.97 Å². The van der Waals surface area contributed by atoms with Crippen LogP contribution in [0.5, 0.6) is 0 Å². The molecule has 2 heterocycles. The first-order valence-corrected chi connectivity index (χ1v) is 6.69. The van der Waals surface area contributed by atoms with Crippen molar-refractivity contribution in [3.8, 4) is 11.4 Å². The van der Waals surface area contributed by atoms with Crippen molar-refractivity contribution in [3.05, 3.63) is 49.8 Å². The van der Waals surface area contributed by atoms with Gasteiger partial charge in [-0.05, 0) is 25.3 Å². The van der Waals surface area contributed by atoms with Crippen molar-refractivity contribution in [1.29, 1.82) is 0 Å². The summed E-state index contributed by atoms with van der Waals surface area (Å²) < 4.78 is 0. The normalized spacial score (nSPS) is 13.4. The Labute approximate surface area is 120 Å². The minimum absolute atomic E-state index is 0.0241. The minimum atomic E-state index is -0.461. The van der Waals surface area contributed by atoms with Gasteiger partial charge in [-0.1, -0.05) is 6.07 Å². The van der Waals surface area contributed by atoms with Gasteiger partial charge in [0.15, 0.2) is 0 Å². The average Bonchev–Trinajstić information content (AvgIpc) is 2.47. The molecule has 0 bridgehead atoms. The molecule has 1 aromatic carbocycles. The molecule has 21 heavy (non-hydrogen) atoms. The second-order valence-corrected chi connectivity index (χ2v) is 5.03. The van der Waals surface area contributed by atoms with Gasteiger partial charge in [-0.2, -0.15) is 0 Å². The van der Waals surface area contributed by atoms with E-state index in [0.717, 1.165) is 18.5 Å². The second kappa shape index (κ2) is 5.01. The fourth-order valence-corrected chi connectivity index (χ4v) is 2.45. The van der Waals surface area contributed by atoms with Crippen molar-refractivity contribution in [2.24, 2.45) is 0 Å². The van der Waals surface area contributed by atoms with Crippen LogP contribution in [0.25, 0.3) is 11.4 Å². The van der Waals surface area contributed by atoms with Gasteiger partial charge >= 0.3 is 0 Å². The molecule has 1 aliphatic heterocycles. The van der Waals surface area contributed by atoms with Crippen molar-refractivity contribution in [2.45, 2.75) is 19.8 Å². The van der Waals surface area contributed by atoms with Gasteiger partial charge in [0.2, 0.25) is 0 Å². The molecule has 108 valence electrons. The van der Waals surface area contributed by atoms with Crippen LogP contribution in [0.1, 0.15) is 17.5 Å². The number of hydrogen-bond acceptors (Lipinski definition) is 5. The van der Waals surface area contributed by atoms with E-state index in [-0.39, 0.29) is 11.2 Å². The number of aryl methyl sites for hydroxylation is 1. The summed E-state index contributed by atoms with van der Waals surface area (Å²) in [6.07, 6.45) is 1.59. The SMILES string of the molecule is Cc1ccc([N+](=O)[O-])cc1-c1nc2c(c(=O)[nH]1)CCCN2. The molecule has 7 nitrogen and oxygen atoms in total. The summed E-state index contributed by atoms with van der Waals surface area (Å²) in [5, 5.41) is 14.0. The van der Waals surface area contributed by atoms with Gasteiger partial charge in [-0.15, -0.1) is 0 Å². The van der Waals surface area contributed by atoms with Crippen LogP contribution in [0, 0.1) is 17.0 Å². The van der Waals surface area contributed by atoms with Crippen molar-refractivity contribution < 1.29 is 4.92 Å². The summed E-state index contributed by atoms with van der Waals surface area (Å²) in [7, 11) is 0. The number of non-ortho nitro benzene ring substituents is 1. The fraction of sp³-hybridized carbons (Fsp3) is 0.286. The summed E-state index contributed by atoms with van der Waals surface area (Å²) in [5.74, 6) is 0.931. The Bertz CT molecular complexity index is 782. The van der Waals surface area contributed by atoms with Gasteiger partial charge < -0.3 is 10.3 Å². The van der Waals surface area contributed by atoms with Gasteiger partial charge in [0, 0.05) is 24.2 Å². The molecule has 1 aliphatic rings. The Balaban J connectivity index is 2.17. The number of nitro benzene ring substituents is 1. The zero-order valence-electron chi connectivity index (χ0n) is 11.5. The standard InChI is InChI=1S/C14H14N4O3/c1-8-4-5-9(18(20)21)7-11(8)13-16-12-10(14(19)17-13)3-2-6-15-12/h4-5,7H,2-3,6H2,1H3,(H2,15,16,17,19). The third-order valence-corrected chi connectivity index (χ3v) is 3.60. The quantitative estimate of drug-likeness (QED) is 0.649. The first-order valence-electron chi connectivity index (χ1n) is 6.69. The van der Waals surface area contributed by atoms with E-state index in [4.69, 9.17) is 0 Å². The van der Waals surface area contributed by atoms with Crippen LogP contribution in [0.2, 0.25) is 0 Å². The van der Waals surface area contributed by atoms with Crippen molar-refractivity contribution >= 4 is 11.5 Å². The number of nitrogens with zero attached hydrogens (tertiary/aromatic N) is 2. The molecule has 2 N–H and O–H groups in total. The van der Waals surface area contributed by atoms with Crippen LogP contribution >= 0.6 is 0 Å². The average molecular weight is 286 g/mol. The summed E-state index contributed by atoms with van der Waals surface area (Å²) in [6.45, 7) is 2.60. The van der Waals surface area contributed by atoms with E-state index in [2.05, 4.69) is 15.3 Å². The Kier molecular flexibility index (Phi) is 3.17. The number of anilines is 1. The highest BCUT2D eigenvalue weighted by Crippen LogP contribution is 2.26. The maximum Gasteiger partial charge on any atom is 0.270 e. The largest absolute Gasteiger partial charge is 0.370 e. The number of H-pyrrole nitrogens is 1. The maximum atomic E-state index is 12.1.